The fraction of sp³-hybridized carbons (Fsp3) is 0.407. The zero-order chi connectivity index (χ0) is 26.5. The van der Waals surface area contributed by atoms with Crippen LogP contribution < -0.4 is 4.74 Å². The molecular formula is C27H30ClN3O6. The number of aromatic nitrogens is 2. The van der Waals surface area contributed by atoms with Crippen molar-refractivity contribution >= 4 is 23.7 Å². The monoisotopic (exact) mass is 527 g/mol. The number of nitrogens with zero attached hydrogens (tertiary/aromatic N) is 3. The third-order valence-corrected chi connectivity index (χ3v) is 6.72. The first kappa shape index (κ1) is 26.5. The van der Waals surface area contributed by atoms with Gasteiger partial charge in [-0.25, -0.2) is 9.78 Å². The van der Waals surface area contributed by atoms with Gasteiger partial charge in [-0.2, -0.15) is 0 Å². The van der Waals surface area contributed by atoms with Gasteiger partial charge in [-0.15, -0.1) is 0 Å². The summed E-state index contributed by atoms with van der Waals surface area (Å²) in [4.78, 5) is 30.0. The lowest BCUT2D eigenvalue weighted by Crippen LogP contribution is -2.29. The zero-order valence-electron chi connectivity index (χ0n) is 21.1. The molecule has 1 N–H and O–H groups in total. The number of aliphatic carboxylic acids is 1. The molecule has 2 aromatic heterocycles. The minimum atomic E-state index is -0.775. The lowest BCUT2D eigenvalue weighted by Gasteiger charge is -2.27. The Labute approximate surface area is 220 Å². The number of carboxylic acid groups (broad SMARTS) is 1. The average Bonchev–Trinajstić information content (AvgIpc) is 3.24. The molecule has 1 saturated carbocycles. The van der Waals surface area contributed by atoms with Crippen LogP contribution in [0.2, 0.25) is 5.02 Å². The molecule has 37 heavy (non-hydrogen) atoms. The van der Waals surface area contributed by atoms with Crippen LogP contribution in [0.25, 0.3) is 11.5 Å². The molecular weight excluding hydrogens is 498 g/mol. The maximum Gasteiger partial charge on any atom is 0.410 e. The fourth-order valence-corrected chi connectivity index (χ4v) is 4.65. The maximum atomic E-state index is 12.6. The lowest BCUT2D eigenvalue weighted by atomic mass is 9.87. The van der Waals surface area contributed by atoms with Crippen LogP contribution in [-0.4, -0.2) is 45.4 Å². The Kier molecular flexibility index (Phi) is 8.33. The second-order valence-electron chi connectivity index (χ2n) is 9.34. The van der Waals surface area contributed by atoms with E-state index in [1.165, 1.54) is 4.90 Å². The van der Waals surface area contributed by atoms with E-state index in [0.29, 0.717) is 58.6 Å². The fourth-order valence-electron chi connectivity index (χ4n) is 4.43. The van der Waals surface area contributed by atoms with E-state index < -0.39 is 12.1 Å². The van der Waals surface area contributed by atoms with Gasteiger partial charge >= 0.3 is 12.1 Å². The van der Waals surface area contributed by atoms with Gasteiger partial charge in [0.2, 0.25) is 0 Å². The number of benzene rings is 1. The van der Waals surface area contributed by atoms with Crippen molar-refractivity contribution in [1.29, 1.82) is 0 Å². The maximum absolute atomic E-state index is 12.6. The Morgan fingerprint density at radius 1 is 1.19 bits per heavy atom. The van der Waals surface area contributed by atoms with Crippen molar-refractivity contribution in [3.63, 3.8) is 0 Å². The molecule has 1 aromatic carbocycles. The number of carboxylic acids is 1. The number of hydrogen-bond donors (Lipinski definition) is 1. The smallest absolute Gasteiger partial charge is 0.410 e. The van der Waals surface area contributed by atoms with Crippen LogP contribution in [0.15, 0.2) is 40.9 Å². The van der Waals surface area contributed by atoms with Gasteiger partial charge in [0.15, 0.2) is 5.76 Å². The number of rotatable bonds is 8. The van der Waals surface area contributed by atoms with E-state index in [-0.39, 0.29) is 18.6 Å². The van der Waals surface area contributed by atoms with Gasteiger partial charge < -0.3 is 24.0 Å². The van der Waals surface area contributed by atoms with Gasteiger partial charge in [0.05, 0.1) is 29.0 Å². The number of carbonyl (C=O) groups is 2. The largest absolute Gasteiger partial charge is 0.489 e. The predicted octanol–water partition coefficient (Wildman–Crippen LogP) is 5.80. The quantitative estimate of drug-likeness (QED) is 0.391. The number of hydrogen-bond acceptors (Lipinski definition) is 7. The molecule has 0 aliphatic heterocycles. The summed E-state index contributed by atoms with van der Waals surface area (Å²) in [5.41, 5.74) is 3.30. The van der Waals surface area contributed by atoms with Crippen LogP contribution in [0.4, 0.5) is 4.79 Å². The van der Waals surface area contributed by atoms with Gasteiger partial charge in [0.1, 0.15) is 18.1 Å². The van der Waals surface area contributed by atoms with Crippen LogP contribution in [0, 0.1) is 19.8 Å². The number of ether oxygens (including phenoxy) is 2. The molecule has 196 valence electrons. The standard InChI is InChI=1S/C27H30ClN3O6/c1-16-22(15-35-27(34)31(3)14-18-6-4-8-20(28)12-18)25(37-30-16)23-10-11-24(17(2)29-23)36-21-9-5-7-19(13-21)26(32)33/h4,6,8,10-12,19,21H,5,7,9,13-15H2,1-3H3,(H,32,33)/t19-,21-/m0/s1. The molecule has 2 heterocycles. The average molecular weight is 528 g/mol. The molecule has 9 nitrogen and oxygen atoms in total. The second-order valence-corrected chi connectivity index (χ2v) is 9.77. The first-order valence-electron chi connectivity index (χ1n) is 12.2. The molecule has 10 heteroatoms. The molecule has 4 rings (SSSR count). The Balaban J connectivity index is 1.41. The van der Waals surface area contributed by atoms with Crippen molar-refractivity contribution < 1.29 is 28.7 Å². The summed E-state index contributed by atoms with van der Waals surface area (Å²) in [6, 6.07) is 10.9. The highest BCUT2D eigenvalue weighted by Crippen LogP contribution is 2.32. The zero-order valence-corrected chi connectivity index (χ0v) is 21.8. The number of aryl methyl sites for hydroxylation is 2. The molecule has 1 aliphatic carbocycles. The van der Waals surface area contributed by atoms with Crippen LogP contribution >= 0.6 is 11.6 Å². The van der Waals surface area contributed by atoms with E-state index in [1.807, 2.05) is 19.1 Å². The van der Waals surface area contributed by atoms with E-state index in [4.69, 9.17) is 25.6 Å². The summed E-state index contributed by atoms with van der Waals surface area (Å²) >= 11 is 6.03. The Hall–Kier alpha value is -3.59. The summed E-state index contributed by atoms with van der Waals surface area (Å²) in [7, 11) is 1.65. The van der Waals surface area contributed by atoms with Crippen molar-refractivity contribution in [1.82, 2.24) is 15.0 Å². The van der Waals surface area contributed by atoms with Gasteiger partial charge in [-0.1, -0.05) is 28.9 Å². The van der Waals surface area contributed by atoms with E-state index in [1.54, 1.807) is 38.2 Å². The third-order valence-electron chi connectivity index (χ3n) is 6.48. The molecule has 0 radical (unpaired) electrons. The van der Waals surface area contributed by atoms with E-state index in [0.717, 1.165) is 18.4 Å². The molecule has 3 aromatic rings. The molecule has 0 bridgehead atoms. The van der Waals surface area contributed by atoms with Crippen molar-refractivity contribution in [2.45, 2.75) is 58.8 Å². The van der Waals surface area contributed by atoms with Gasteiger partial charge in [-0.3, -0.25) is 4.79 Å². The summed E-state index contributed by atoms with van der Waals surface area (Å²) in [5.74, 6) is -0.131. The van der Waals surface area contributed by atoms with Crippen molar-refractivity contribution in [2.75, 3.05) is 7.05 Å². The van der Waals surface area contributed by atoms with Gasteiger partial charge in [0, 0.05) is 18.6 Å². The topological polar surface area (TPSA) is 115 Å². The summed E-state index contributed by atoms with van der Waals surface area (Å²) < 4.78 is 17.2. The first-order chi connectivity index (χ1) is 17.7. The molecule has 0 saturated heterocycles. The highest BCUT2D eigenvalue weighted by atomic mass is 35.5. The summed E-state index contributed by atoms with van der Waals surface area (Å²) in [5, 5.41) is 14.0. The van der Waals surface area contributed by atoms with Crippen LogP contribution in [-0.2, 0) is 22.7 Å². The van der Waals surface area contributed by atoms with Crippen molar-refractivity contribution in [2.24, 2.45) is 5.92 Å². The van der Waals surface area contributed by atoms with E-state index in [2.05, 4.69) is 10.1 Å². The SMILES string of the molecule is Cc1nc(-c2onc(C)c2COC(=O)N(C)Cc2cccc(Cl)c2)ccc1O[C@H]1CCC[C@H](C(=O)O)C1. The highest BCUT2D eigenvalue weighted by Gasteiger charge is 2.28. The van der Waals surface area contributed by atoms with E-state index >= 15 is 0 Å². The number of pyridine rings is 1. The van der Waals surface area contributed by atoms with Crippen LogP contribution in [0.1, 0.15) is 48.2 Å². The minimum absolute atomic E-state index is 0.0268. The molecule has 1 amide bonds. The number of carbonyl (C=O) groups excluding carboxylic acids is 1. The van der Waals surface area contributed by atoms with Crippen LogP contribution in [0.3, 0.4) is 0 Å². The number of halogens is 1. The van der Waals surface area contributed by atoms with Crippen molar-refractivity contribution in [3.8, 4) is 17.2 Å². The Bertz CT molecular complexity index is 1280. The molecule has 1 fully saturated rings. The van der Waals surface area contributed by atoms with Crippen molar-refractivity contribution in [3.05, 3.63) is 63.9 Å². The first-order valence-corrected chi connectivity index (χ1v) is 12.5. The Morgan fingerprint density at radius 2 is 2.00 bits per heavy atom. The molecule has 0 unspecified atom stereocenters. The van der Waals surface area contributed by atoms with Gasteiger partial charge in [-0.05, 0) is 69.4 Å². The van der Waals surface area contributed by atoms with Gasteiger partial charge in [0.25, 0.3) is 0 Å². The molecule has 1 aliphatic rings. The highest BCUT2D eigenvalue weighted by molar-refractivity contribution is 6.30. The van der Waals surface area contributed by atoms with E-state index in [9.17, 15) is 14.7 Å². The summed E-state index contributed by atoms with van der Waals surface area (Å²) in [6.07, 6.45) is 2.14. The minimum Gasteiger partial charge on any atom is -0.489 e. The normalized spacial score (nSPS) is 17.3. The van der Waals surface area contributed by atoms with Crippen LogP contribution in [0.5, 0.6) is 5.75 Å². The predicted molar refractivity (Wildman–Crippen MR) is 136 cm³/mol. The lowest BCUT2D eigenvalue weighted by molar-refractivity contribution is -0.143. The third kappa shape index (κ3) is 6.60. The Morgan fingerprint density at radius 3 is 2.73 bits per heavy atom. The second kappa shape index (κ2) is 11.6. The molecule has 2 atom stereocenters. The summed E-state index contributed by atoms with van der Waals surface area (Å²) in [6.45, 7) is 3.93. The number of amides is 1. The molecule has 0 spiro atoms.